The third-order valence-corrected chi connectivity index (χ3v) is 2.48. The molecule has 0 saturated carbocycles. The number of Topliss-reactive ketones (excluding diaryl/α,β-unsaturated/α-hetero) is 1. The van der Waals surface area contributed by atoms with E-state index in [1.807, 2.05) is 54.1 Å². The van der Waals surface area contributed by atoms with Crippen LogP contribution in [0.3, 0.4) is 0 Å². The Morgan fingerprint density at radius 2 is 2.18 bits per heavy atom. The van der Waals surface area contributed by atoms with Gasteiger partial charge in [-0.05, 0) is 24.6 Å². The molecular weight excluding hydrogens is 214 g/mol. The molecule has 2 rings (SSSR count). The van der Waals surface area contributed by atoms with Crippen LogP contribution in [0.15, 0.2) is 36.9 Å². The first-order valence-corrected chi connectivity index (χ1v) is 5.40. The Kier molecular flexibility index (Phi) is 2.95. The number of hydrogen-bond acceptors (Lipinski definition) is 3. The van der Waals surface area contributed by atoms with E-state index in [-0.39, 0.29) is 5.78 Å². The molecule has 0 N–H and O–H groups in total. The fourth-order valence-corrected chi connectivity index (χ4v) is 1.70. The molecule has 2 aromatic rings. The Labute approximate surface area is 100 Å². The highest BCUT2D eigenvalue weighted by Gasteiger charge is 2.08. The first kappa shape index (κ1) is 11.4. The fourth-order valence-electron chi connectivity index (χ4n) is 1.70. The van der Waals surface area contributed by atoms with Crippen LogP contribution in [0.5, 0.6) is 0 Å². The van der Waals surface area contributed by atoms with E-state index in [0.717, 1.165) is 11.2 Å². The zero-order valence-corrected chi connectivity index (χ0v) is 10.2. The van der Waals surface area contributed by atoms with Gasteiger partial charge in [0.15, 0.2) is 5.78 Å². The van der Waals surface area contributed by atoms with Crippen LogP contribution >= 0.6 is 0 Å². The van der Waals surface area contributed by atoms with E-state index >= 15 is 0 Å². The van der Waals surface area contributed by atoms with Crippen LogP contribution in [0.2, 0.25) is 0 Å². The standard InChI is InChI=1S/C13H15N3O/c1-10(17)12(9-15(2)3)11-4-6-16-7-5-14-13(16)8-11/h4-9H,1-3H3. The molecule has 4 heteroatoms. The van der Waals surface area contributed by atoms with E-state index in [0.29, 0.717) is 5.57 Å². The summed E-state index contributed by atoms with van der Waals surface area (Å²) in [4.78, 5) is 17.7. The quantitative estimate of drug-likeness (QED) is 0.753. The topological polar surface area (TPSA) is 37.6 Å². The van der Waals surface area contributed by atoms with E-state index in [1.165, 1.54) is 0 Å². The smallest absolute Gasteiger partial charge is 0.161 e. The van der Waals surface area contributed by atoms with Gasteiger partial charge in [-0.3, -0.25) is 4.79 Å². The summed E-state index contributed by atoms with van der Waals surface area (Å²) >= 11 is 0. The number of imidazole rings is 1. The second-order valence-corrected chi connectivity index (χ2v) is 4.17. The van der Waals surface area contributed by atoms with Gasteiger partial charge in [0.2, 0.25) is 0 Å². The fraction of sp³-hybridized carbons (Fsp3) is 0.231. The third-order valence-electron chi connectivity index (χ3n) is 2.48. The molecular formula is C13H15N3O. The van der Waals surface area contributed by atoms with Gasteiger partial charge in [-0.15, -0.1) is 0 Å². The van der Waals surface area contributed by atoms with Crippen molar-refractivity contribution in [1.82, 2.24) is 14.3 Å². The van der Waals surface area contributed by atoms with Crippen molar-refractivity contribution in [2.24, 2.45) is 0 Å². The van der Waals surface area contributed by atoms with Crippen LogP contribution in [-0.4, -0.2) is 34.2 Å². The first-order chi connectivity index (χ1) is 8.08. The first-order valence-electron chi connectivity index (χ1n) is 5.40. The minimum absolute atomic E-state index is 0.0506. The Hall–Kier alpha value is -2.10. The largest absolute Gasteiger partial charge is 0.383 e. The molecule has 0 unspecified atom stereocenters. The number of pyridine rings is 1. The lowest BCUT2D eigenvalue weighted by Crippen LogP contribution is -2.06. The van der Waals surface area contributed by atoms with Crippen LogP contribution in [-0.2, 0) is 4.79 Å². The van der Waals surface area contributed by atoms with E-state index in [1.54, 1.807) is 13.1 Å². The van der Waals surface area contributed by atoms with Gasteiger partial charge in [0.1, 0.15) is 5.65 Å². The molecule has 0 fully saturated rings. The third kappa shape index (κ3) is 2.36. The van der Waals surface area contributed by atoms with Crippen molar-refractivity contribution in [2.75, 3.05) is 14.1 Å². The van der Waals surface area contributed by atoms with Crippen LogP contribution in [0.25, 0.3) is 11.2 Å². The van der Waals surface area contributed by atoms with E-state index in [2.05, 4.69) is 4.98 Å². The number of carbonyl (C=O) groups is 1. The lowest BCUT2D eigenvalue weighted by molar-refractivity contribution is -0.111. The van der Waals surface area contributed by atoms with Gasteiger partial charge < -0.3 is 9.30 Å². The Morgan fingerprint density at radius 3 is 2.82 bits per heavy atom. The normalized spacial score (nSPS) is 11.8. The summed E-state index contributed by atoms with van der Waals surface area (Å²) in [6.07, 6.45) is 7.35. The van der Waals surface area contributed by atoms with E-state index in [4.69, 9.17) is 0 Å². The molecule has 88 valence electrons. The van der Waals surface area contributed by atoms with Crippen LogP contribution < -0.4 is 0 Å². The maximum Gasteiger partial charge on any atom is 0.161 e. The average Bonchev–Trinajstić information content (AvgIpc) is 2.72. The molecule has 2 aromatic heterocycles. The molecule has 0 amide bonds. The van der Waals surface area contributed by atoms with E-state index in [9.17, 15) is 4.79 Å². The van der Waals surface area contributed by atoms with Gasteiger partial charge in [0.05, 0.1) is 0 Å². The maximum atomic E-state index is 11.6. The number of ketones is 1. The summed E-state index contributed by atoms with van der Waals surface area (Å²) in [5, 5.41) is 0. The zero-order valence-electron chi connectivity index (χ0n) is 10.2. The molecule has 0 aliphatic heterocycles. The Balaban J connectivity index is 2.52. The van der Waals surface area contributed by atoms with Crippen molar-refractivity contribution in [3.63, 3.8) is 0 Å². The average molecular weight is 229 g/mol. The monoisotopic (exact) mass is 229 g/mol. The number of hydrogen-bond donors (Lipinski definition) is 0. The minimum Gasteiger partial charge on any atom is -0.383 e. The summed E-state index contributed by atoms with van der Waals surface area (Å²) in [7, 11) is 3.80. The number of carbonyl (C=O) groups excluding carboxylic acids is 1. The van der Waals surface area contributed by atoms with Gasteiger partial charge in [-0.25, -0.2) is 4.98 Å². The summed E-state index contributed by atoms with van der Waals surface area (Å²) < 4.78 is 1.91. The second-order valence-electron chi connectivity index (χ2n) is 4.17. The molecule has 0 aliphatic rings. The van der Waals surface area contributed by atoms with Gasteiger partial charge in [-0.2, -0.15) is 0 Å². The molecule has 0 aromatic carbocycles. The molecule has 0 spiro atoms. The second kappa shape index (κ2) is 4.41. The highest BCUT2D eigenvalue weighted by atomic mass is 16.1. The summed E-state index contributed by atoms with van der Waals surface area (Å²) in [5.74, 6) is 0.0506. The number of aromatic nitrogens is 2. The minimum atomic E-state index is 0.0506. The maximum absolute atomic E-state index is 11.6. The highest BCUT2D eigenvalue weighted by molar-refractivity contribution is 6.19. The number of allylic oxidation sites excluding steroid dienone is 1. The van der Waals surface area contributed by atoms with Gasteiger partial charge >= 0.3 is 0 Å². The van der Waals surface area contributed by atoms with Crippen LogP contribution in [0.1, 0.15) is 12.5 Å². The summed E-state index contributed by atoms with van der Waals surface area (Å²) in [5.41, 5.74) is 2.43. The van der Waals surface area contributed by atoms with Crippen molar-refractivity contribution >= 4 is 17.0 Å². The van der Waals surface area contributed by atoms with Crippen molar-refractivity contribution in [3.8, 4) is 0 Å². The Morgan fingerprint density at radius 1 is 1.41 bits per heavy atom. The molecule has 0 bridgehead atoms. The van der Waals surface area contributed by atoms with Crippen LogP contribution in [0.4, 0.5) is 0 Å². The molecule has 2 heterocycles. The van der Waals surface area contributed by atoms with Gasteiger partial charge in [0.25, 0.3) is 0 Å². The molecule has 4 nitrogen and oxygen atoms in total. The summed E-state index contributed by atoms with van der Waals surface area (Å²) in [6.45, 7) is 1.57. The SMILES string of the molecule is CC(=O)C(=CN(C)C)c1ccn2ccnc2c1. The number of rotatable bonds is 3. The number of nitrogens with zero attached hydrogens (tertiary/aromatic N) is 3. The van der Waals surface area contributed by atoms with Gasteiger partial charge in [0, 0.05) is 44.5 Å². The zero-order chi connectivity index (χ0) is 12.4. The van der Waals surface area contributed by atoms with Crippen molar-refractivity contribution in [3.05, 3.63) is 42.5 Å². The predicted octanol–water partition coefficient (Wildman–Crippen LogP) is 1.83. The van der Waals surface area contributed by atoms with Crippen LogP contribution in [0, 0.1) is 0 Å². The van der Waals surface area contributed by atoms with Crippen molar-refractivity contribution < 1.29 is 4.79 Å². The molecule has 0 aliphatic carbocycles. The number of fused-ring (bicyclic) bond motifs is 1. The molecule has 0 saturated heterocycles. The molecule has 0 radical (unpaired) electrons. The van der Waals surface area contributed by atoms with E-state index < -0.39 is 0 Å². The highest BCUT2D eigenvalue weighted by Crippen LogP contribution is 2.17. The predicted molar refractivity (Wildman–Crippen MR) is 67.5 cm³/mol. The van der Waals surface area contributed by atoms with Crippen molar-refractivity contribution in [1.29, 1.82) is 0 Å². The van der Waals surface area contributed by atoms with Crippen molar-refractivity contribution in [2.45, 2.75) is 6.92 Å². The van der Waals surface area contributed by atoms with Gasteiger partial charge in [-0.1, -0.05) is 0 Å². The lowest BCUT2D eigenvalue weighted by atomic mass is 10.1. The molecule has 17 heavy (non-hydrogen) atoms. The lowest BCUT2D eigenvalue weighted by Gasteiger charge is -2.10. The Bertz CT molecular complexity index is 581. The molecule has 0 atom stereocenters. The summed E-state index contributed by atoms with van der Waals surface area (Å²) in [6, 6.07) is 3.84.